The van der Waals surface area contributed by atoms with Crippen molar-refractivity contribution in [1.29, 1.82) is 0 Å². The predicted octanol–water partition coefficient (Wildman–Crippen LogP) is 2.82. The third-order valence-electron chi connectivity index (χ3n) is 2.88. The molecule has 0 spiro atoms. The fourth-order valence-corrected chi connectivity index (χ4v) is 2.46. The molecule has 96 valence electrons. The summed E-state index contributed by atoms with van der Waals surface area (Å²) in [6.07, 6.45) is 3.95. The van der Waals surface area contributed by atoms with Crippen LogP contribution in [-0.2, 0) is 19.4 Å². The molecule has 0 aliphatic rings. The average Bonchev–Trinajstić information content (AvgIpc) is 2.87. The number of hydrogen-bond donors (Lipinski definition) is 2. The summed E-state index contributed by atoms with van der Waals surface area (Å²) in [7, 11) is 0. The molecule has 0 aliphatic carbocycles. The van der Waals surface area contributed by atoms with Gasteiger partial charge in [0, 0.05) is 24.2 Å². The summed E-state index contributed by atoms with van der Waals surface area (Å²) in [4.78, 5) is 5.39. The third-order valence-corrected chi connectivity index (χ3v) is 3.85. The Labute approximate surface area is 112 Å². The maximum absolute atomic E-state index is 5.55. The van der Waals surface area contributed by atoms with Crippen LogP contribution >= 0.6 is 11.3 Å². The van der Waals surface area contributed by atoms with Gasteiger partial charge in [-0.1, -0.05) is 31.2 Å². The molecule has 1 aromatic heterocycles. The second-order valence-corrected chi connectivity index (χ2v) is 5.30. The van der Waals surface area contributed by atoms with E-state index in [1.54, 1.807) is 11.3 Å². The topological polar surface area (TPSA) is 50.9 Å². The van der Waals surface area contributed by atoms with Crippen molar-refractivity contribution in [3.63, 3.8) is 0 Å². The van der Waals surface area contributed by atoms with Gasteiger partial charge in [0.25, 0.3) is 0 Å². The number of rotatable bonds is 6. The molecule has 4 heteroatoms. The van der Waals surface area contributed by atoms with Crippen LogP contribution in [0.5, 0.6) is 0 Å². The van der Waals surface area contributed by atoms with Gasteiger partial charge < -0.3 is 11.1 Å². The molecule has 1 aromatic carbocycles. The van der Waals surface area contributed by atoms with Crippen molar-refractivity contribution < 1.29 is 0 Å². The lowest BCUT2D eigenvalue weighted by Gasteiger charge is -2.04. The molecule has 2 aromatic rings. The molecule has 0 atom stereocenters. The highest BCUT2D eigenvalue weighted by atomic mass is 32.1. The van der Waals surface area contributed by atoms with Gasteiger partial charge in [-0.2, -0.15) is 0 Å². The van der Waals surface area contributed by atoms with Crippen LogP contribution < -0.4 is 11.1 Å². The summed E-state index contributed by atoms with van der Waals surface area (Å²) >= 11 is 1.63. The predicted molar refractivity (Wildman–Crippen MR) is 78.0 cm³/mol. The van der Waals surface area contributed by atoms with E-state index < -0.39 is 0 Å². The van der Waals surface area contributed by atoms with Crippen molar-refractivity contribution >= 4 is 16.5 Å². The number of aryl methyl sites for hydroxylation is 1. The van der Waals surface area contributed by atoms with Gasteiger partial charge in [0.1, 0.15) is 0 Å². The zero-order valence-corrected chi connectivity index (χ0v) is 11.5. The fourth-order valence-electron chi connectivity index (χ4n) is 1.74. The number of nitrogens with two attached hydrogens (primary N) is 1. The summed E-state index contributed by atoms with van der Waals surface area (Å²) < 4.78 is 0. The minimum atomic E-state index is 0.567. The number of anilines is 1. The van der Waals surface area contributed by atoms with Crippen LogP contribution in [0.2, 0.25) is 0 Å². The number of benzene rings is 1. The molecule has 0 saturated heterocycles. The van der Waals surface area contributed by atoms with E-state index in [-0.39, 0.29) is 0 Å². The zero-order chi connectivity index (χ0) is 12.8. The van der Waals surface area contributed by atoms with Gasteiger partial charge in [-0.05, 0) is 24.0 Å². The SMILES string of the molecule is CCc1ccc(CCNc2ncc(CN)s2)cc1. The van der Waals surface area contributed by atoms with Crippen LogP contribution in [0.4, 0.5) is 5.13 Å². The maximum atomic E-state index is 5.55. The van der Waals surface area contributed by atoms with E-state index in [1.165, 1.54) is 11.1 Å². The lowest BCUT2D eigenvalue weighted by atomic mass is 10.1. The van der Waals surface area contributed by atoms with E-state index in [2.05, 4.69) is 41.5 Å². The fraction of sp³-hybridized carbons (Fsp3) is 0.357. The minimum absolute atomic E-state index is 0.567. The van der Waals surface area contributed by atoms with Crippen LogP contribution in [0.15, 0.2) is 30.5 Å². The van der Waals surface area contributed by atoms with Crippen molar-refractivity contribution in [2.75, 3.05) is 11.9 Å². The first-order valence-corrected chi connectivity index (χ1v) is 7.10. The van der Waals surface area contributed by atoms with Crippen molar-refractivity contribution in [3.05, 3.63) is 46.5 Å². The standard InChI is InChI=1S/C14H19N3S/c1-2-11-3-5-12(6-4-11)7-8-16-14-17-10-13(9-15)18-14/h3-6,10H,2,7-9,15H2,1H3,(H,16,17). The highest BCUT2D eigenvalue weighted by Gasteiger charge is 1.99. The molecule has 3 nitrogen and oxygen atoms in total. The Morgan fingerprint density at radius 3 is 2.56 bits per heavy atom. The summed E-state index contributed by atoms with van der Waals surface area (Å²) in [5, 5.41) is 4.29. The highest BCUT2D eigenvalue weighted by molar-refractivity contribution is 7.15. The van der Waals surface area contributed by atoms with Gasteiger partial charge in [-0.25, -0.2) is 4.98 Å². The minimum Gasteiger partial charge on any atom is -0.361 e. The molecule has 0 unspecified atom stereocenters. The van der Waals surface area contributed by atoms with E-state index in [4.69, 9.17) is 5.73 Å². The first-order chi connectivity index (χ1) is 8.81. The molecular weight excluding hydrogens is 242 g/mol. The van der Waals surface area contributed by atoms with Crippen LogP contribution in [0.25, 0.3) is 0 Å². The molecule has 0 bridgehead atoms. The third kappa shape index (κ3) is 3.55. The van der Waals surface area contributed by atoms with Gasteiger partial charge in [0.05, 0.1) is 0 Å². The first-order valence-electron chi connectivity index (χ1n) is 6.28. The second-order valence-electron chi connectivity index (χ2n) is 4.18. The number of nitrogens with one attached hydrogen (secondary N) is 1. The van der Waals surface area contributed by atoms with E-state index in [1.807, 2.05) is 6.20 Å². The number of nitrogens with zero attached hydrogens (tertiary/aromatic N) is 1. The summed E-state index contributed by atoms with van der Waals surface area (Å²) in [5.74, 6) is 0. The first kappa shape index (κ1) is 13.1. The molecule has 3 N–H and O–H groups in total. The van der Waals surface area contributed by atoms with Gasteiger partial charge in [0.15, 0.2) is 5.13 Å². The van der Waals surface area contributed by atoms with Crippen LogP contribution in [-0.4, -0.2) is 11.5 Å². The largest absolute Gasteiger partial charge is 0.361 e. The van der Waals surface area contributed by atoms with Crippen LogP contribution in [0, 0.1) is 0 Å². The van der Waals surface area contributed by atoms with Crippen molar-refractivity contribution in [1.82, 2.24) is 4.98 Å². The summed E-state index contributed by atoms with van der Waals surface area (Å²) in [5.41, 5.74) is 8.30. The van der Waals surface area contributed by atoms with E-state index in [0.29, 0.717) is 6.54 Å². The van der Waals surface area contributed by atoms with E-state index in [9.17, 15) is 0 Å². The van der Waals surface area contributed by atoms with Crippen LogP contribution in [0.3, 0.4) is 0 Å². The van der Waals surface area contributed by atoms with Gasteiger partial charge >= 0.3 is 0 Å². The average molecular weight is 261 g/mol. The highest BCUT2D eigenvalue weighted by Crippen LogP contribution is 2.17. The molecule has 0 saturated carbocycles. The monoisotopic (exact) mass is 261 g/mol. The maximum Gasteiger partial charge on any atom is 0.182 e. The lowest BCUT2D eigenvalue weighted by Crippen LogP contribution is -2.04. The van der Waals surface area contributed by atoms with Crippen molar-refractivity contribution in [2.24, 2.45) is 5.73 Å². The molecule has 2 rings (SSSR count). The molecule has 18 heavy (non-hydrogen) atoms. The molecule has 1 heterocycles. The Balaban J connectivity index is 1.80. The Hall–Kier alpha value is -1.39. The molecule has 0 fully saturated rings. The zero-order valence-electron chi connectivity index (χ0n) is 10.6. The Morgan fingerprint density at radius 2 is 1.94 bits per heavy atom. The van der Waals surface area contributed by atoms with Gasteiger partial charge in [-0.15, -0.1) is 11.3 Å². The Bertz CT molecular complexity index is 476. The second kappa shape index (κ2) is 6.52. The lowest BCUT2D eigenvalue weighted by molar-refractivity contribution is 1.01. The number of thiazole rings is 1. The van der Waals surface area contributed by atoms with E-state index >= 15 is 0 Å². The molecule has 0 aliphatic heterocycles. The van der Waals surface area contributed by atoms with Crippen molar-refractivity contribution in [3.8, 4) is 0 Å². The smallest absolute Gasteiger partial charge is 0.182 e. The van der Waals surface area contributed by atoms with E-state index in [0.717, 1.165) is 29.4 Å². The summed E-state index contributed by atoms with van der Waals surface area (Å²) in [6, 6.07) is 8.80. The van der Waals surface area contributed by atoms with Gasteiger partial charge in [-0.3, -0.25) is 0 Å². The Morgan fingerprint density at radius 1 is 1.22 bits per heavy atom. The number of aromatic nitrogens is 1. The Kier molecular flexibility index (Phi) is 4.73. The quantitative estimate of drug-likeness (QED) is 0.840. The normalized spacial score (nSPS) is 10.6. The number of hydrogen-bond acceptors (Lipinski definition) is 4. The summed E-state index contributed by atoms with van der Waals surface area (Å²) in [6.45, 7) is 3.65. The molecular formula is C14H19N3S. The van der Waals surface area contributed by atoms with Crippen LogP contribution in [0.1, 0.15) is 22.9 Å². The van der Waals surface area contributed by atoms with Gasteiger partial charge in [0.2, 0.25) is 0 Å². The molecule has 0 amide bonds. The van der Waals surface area contributed by atoms with Crippen molar-refractivity contribution in [2.45, 2.75) is 26.3 Å². The molecule has 0 radical (unpaired) electrons.